The molecule has 0 spiro atoms. The molecule has 0 bridgehead atoms. The van der Waals surface area contributed by atoms with Crippen LogP contribution in [-0.2, 0) is 11.3 Å². The van der Waals surface area contributed by atoms with Crippen LogP contribution in [0.25, 0.3) is 0 Å². The molecule has 0 N–H and O–H groups in total. The zero-order chi connectivity index (χ0) is 20.1. The van der Waals surface area contributed by atoms with E-state index in [0.717, 1.165) is 35.1 Å². The van der Waals surface area contributed by atoms with Crippen LogP contribution in [0.15, 0.2) is 60.1 Å². The van der Waals surface area contributed by atoms with E-state index in [9.17, 15) is 4.79 Å². The van der Waals surface area contributed by atoms with Crippen LogP contribution in [0.3, 0.4) is 0 Å². The first-order valence-corrected chi connectivity index (χ1v) is 10.4. The molecule has 0 atom stereocenters. The van der Waals surface area contributed by atoms with Gasteiger partial charge in [-0.15, -0.1) is 11.3 Å². The summed E-state index contributed by atoms with van der Waals surface area (Å²) in [6.07, 6.45) is 1.70. The molecule has 0 radical (unpaired) electrons. The number of anilines is 2. The molecule has 29 heavy (non-hydrogen) atoms. The first-order valence-electron chi connectivity index (χ1n) is 9.51. The van der Waals surface area contributed by atoms with Gasteiger partial charge in [0.05, 0.1) is 26.9 Å². The summed E-state index contributed by atoms with van der Waals surface area (Å²) in [4.78, 5) is 22.9. The number of carbonyl (C=O) groups is 1. The highest BCUT2D eigenvalue weighted by Gasteiger charge is 2.21. The van der Waals surface area contributed by atoms with Crippen LogP contribution in [0.5, 0.6) is 5.75 Å². The number of benzene rings is 1. The molecular formula is C22H23N3O3S. The van der Waals surface area contributed by atoms with Crippen LogP contribution >= 0.6 is 11.3 Å². The predicted molar refractivity (Wildman–Crippen MR) is 115 cm³/mol. The van der Waals surface area contributed by atoms with Crippen molar-refractivity contribution in [1.82, 2.24) is 4.98 Å². The van der Waals surface area contributed by atoms with Gasteiger partial charge in [-0.2, -0.15) is 0 Å². The first kappa shape index (κ1) is 19.4. The number of amides is 1. The maximum atomic E-state index is 13.5. The number of morpholine rings is 1. The minimum absolute atomic E-state index is 0.126. The van der Waals surface area contributed by atoms with Gasteiger partial charge in [-0.1, -0.05) is 6.07 Å². The monoisotopic (exact) mass is 409 g/mol. The molecular weight excluding hydrogens is 386 g/mol. The number of aromatic nitrogens is 1. The molecule has 3 heterocycles. The lowest BCUT2D eigenvalue weighted by Gasteiger charge is -2.29. The first-order chi connectivity index (χ1) is 14.2. The molecule has 2 aromatic heterocycles. The third kappa shape index (κ3) is 4.58. The summed E-state index contributed by atoms with van der Waals surface area (Å²) in [6, 6.07) is 15.4. The molecule has 6 nitrogen and oxygen atoms in total. The lowest BCUT2D eigenvalue weighted by Crippen LogP contribution is -2.36. The number of carbonyl (C=O) groups excluding carboxylic acids is 1. The fraction of sp³-hybridized carbons (Fsp3) is 0.273. The number of nitrogens with zero attached hydrogens (tertiary/aromatic N) is 3. The van der Waals surface area contributed by atoms with Crippen LogP contribution in [0.4, 0.5) is 11.4 Å². The van der Waals surface area contributed by atoms with E-state index in [1.807, 2.05) is 53.9 Å². The summed E-state index contributed by atoms with van der Waals surface area (Å²) in [7, 11) is 1.63. The lowest BCUT2D eigenvalue weighted by molar-refractivity contribution is 0.0980. The number of hydrogen-bond acceptors (Lipinski definition) is 6. The van der Waals surface area contributed by atoms with Gasteiger partial charge in [0.15, 0.2) is 0 Å². The summed E-state index contributed by atoms with van der Waals surface area (Å²) in [5, 5.41) is 2.02. The molecule has 150 valence electrons. The van der Waals surface area contributed by atoms with E-state index >= 15 is 0 Å². The Labute approximate surface area is 174 Å². The van der Waals surface area contributed by atoms with E-state index in [4.69, 9.17) is 9.47 Å². The molecule has 7 heteroatoms. The van der Waals surface area contributed by atoms with Crippen LogP contribution in [-0.4, -0.2) is 44.3 Å². The Bertz CT molecular complexity index is 938. The number of thiophene rings is 1. The maximum Gasteiger partial charge on any atom is 0.277 e. The fourth-order valence-electron chi connectivity index (χ4n) is 3.29. The minimum Gasteiger partial charge on any atom is -0.497 e. The maximum absolute atomic E-state index is 13.5. The zero-order valence-corrected chi connectivity index (χ0v) is 17.1. The quantitative estimate of drug-likeness (QED) is 0.619. The Hall–Kier alpha value is -2.90. The Morgan fingerprint density at radius 2 is 2.00 bits per heavy atom. The van der Waals surface area contributed by atoms with Crippen LogP contribution in [0.1, 0.15) is 15.4 Å². The molecule has 1 saturated heterocycles. The molecule has 0 saturated carbocycles. The average Bonchev–Trinajstić information content (AvgIpc) is 3.31. The minimum atomic E-state index is -0.126. The number of rotatable bonds is 6. The van der Waals surface area contributed by atoms with E-state index in [1.165, 1.54) is 0 Å². The van der Waals surface area contributed by atoms with Crippen LogP contribution in [0.2, 0.25) is 0 Å². The predicted octanol–water partition coefficient (Wildman–Crippen LogP) is 3.84. The Morgan fingerprint density at radius 1 is 1.21 bits per heavy atom. The molecule has 0 unspecified atom stereocenters. The van der Waals surface area contributed by atoms with Crippen molar-refractivity contribution in [1.29, 1.82) is 0 Å². The van der Waals surface area contributed by atoms with Gasteiger partial charge < -0.3 is 19.3 Å². The van der Waals surface area contributed by atoms with Crippen molar-refractivity contribution in [2.24, 2.45) is 0 Å². The van der Waals surface area contributed by atoms with Crippen LogP contribution in [0, 0.1) is 0 Å². The van der Waals surface area contributed by atoms with Gasteiger partial charge in [0, 0.05) is 35.5 Å². The molecule has 1 fully saturated rings. The molecule has 4 rings (SSSR count). The van der Waals surface area contributed by atoms with Crippen molar-refractivity contribution in [3.8, 4) is 5.75 Å². The van der Waals surface area contributed by atoms with Gasteiger partial charge in [-0.05, 0) is 47.8 Å². The summed E-state index contributed by atoms with van der Waals surface area (Å²) in [6.45, 7) is 3.51. The third-order valence-electron chi connectivity index (χ3n) is 4.86. The molecule has 1 aliphatic rings. The largest absolute Gasteiger partial charge is 0.497 e. The van der Waals surface area contributed by atoms with E-state index in [2.05, 4.69) is 9.88 Å². The summed E-state index contributed by atoms with van der Waals surface area (Å²) in [5.41, 5.74) is 2.24. The molecule has 3 aromatic rings. The highest BCUT2D eigenvalue weighted by atomic mass is 32.1. The van der Waals surface area contributed by atoms with Crippen molar-refractivity contribution in [2.45, 2.75) is 6.54 Å². The van der Waals surface area contributed by atoms with Gasteiger partial charge in [-0.3, -0.25) is 9.78 Å². The molecule has 1 aliphatic heterocycles. The van der Waals surface area contributed by atoms with Gasteiger partial charge in [-0.25, -0.2) is 0 Å². The third-order valence-corrected chi connectivity index (χ3v) is 5.72. The van der Waals surface area contributed by atoms with Gasteiger partial charge in [0.1, 0.15) is 11.4 Å². The Balaban J connectivity index is 1.63. The summed E-state index contributed by atoms with van der Waals surface area (Å²) in [5.74, 6) is 0.628. The Kier molecular flexibility index (Phi) is 6.07. The molecule has 1 aromatic carbocycles. The van der Waals surface area contributed by atoms with Crippen LogP contribution < -0.4 is 14.5 Å². The second-order valence-electron chi connectivity index (χ2n) is 6.67. The number of ether oxygens (including phenoxy) is 2. The molecule has 0 aliphatic carbocycles. The second-order valence-corrected chi connectivity index (χ2v) is 7.70. The normalized spacial score (nSPS) is 13.9. The number of hydrogen-bond donors (Lipinski definition) is 0. The van der Waals surface area contributed by atoms with E-state index in [-0.39, 0.29) is 5.91 Å². The average molecular weight is 410 g/mol. The number of methoxy groups -OCH3 is 1. The zero-order valence-electron chi connectivity index (χ0n) is 16.3. The number of pyridine rings is 1. The van der Waals surface area contributed by atoms with Gasteiger partial charge in [0.25, 0.3) is 5.91 Å². The van der Waals surface area contributed by atoms with Crippen molar-refractivity contribution in [3.05, 3.63) is 70.7 Å². The second kappa shape index (κ2) is 9.07. The smallest absolute Gasteiger partial charge is 0.277 e. The van der Waals surface area contributed by atoms with Crippen molar-refractivity contribution in [3.63, 3.8) is 0 Å². The SMILES string of the molecule is COc1ccc(N(Cc2cccs2)C(=O)c2cc(N3CCOCC3)ccn2)cc1. The van der Waals surface area contributed by atoms with Gasteiger partial charge in [0.2, 0.25) is 0 Å². The highest BCUT2D eigenvalue weighted by Crippen LogP contribution is 2.25. The Morgan fingerprint density at radius 3 is 2.69 bits per heavy atom. The standard InChI is InChI=1S/C22H23N3O3S/c1-27-19-6-4-17(5-7-19)25(16-20-3-2-14-29-20)22(26)21-15-18(8-9-23-21)24-10-12-28-13-11-24/h2-9,14-15H,10-13,16H2,1H3. The van der Waals surface area contributed by atoms with Crippen molar-refractivity contribution in [2.75, 3.05) is 43.2 Å². The van der Waals surface area contributed by atoms with E-state index in [0.29, 0.717) is 25.5 Å². The van der Waals surface area contributed by atoms with Gasteiger partial charge >= 0.3 is 0 Å². The summed E-state index contributed by atoms with van der Waals surface area (Å²) < 4.78 is 10.7. The lowest BCUT2D eigenvalue weighted by atomic mass is 10.2. The van der Waals surface area contributed by atoms with Crippen molar-refractivity contribution < 1.29 is 14.3 Å². The summed E-state index contributed by atoms with van der Waals surface area (Å²) >= 11 is 1.63. The van der Waals surface area contributed by atoms with Crippen molar-refractivity contribution >= 4 is 28.6 Å². The topological polar surface area (TPSA) is 54.9 Å². The van der Waals surface area contributed by atoms with E-state index < -0.39 is 0 Å². The fourth-order valence-corrected chi connectivity index (χ4v) is 3.99. The molecule has 1 amide bonds. The van der Waals surface area contributed by atoms with E-state index in [1.54, 1.807) is 29.5 Å². The highest BCUT2D eigenvalue weighted by molar-refractivity contribution is 7.09.